The lowest BCUT2D eigenvalue weighted by Crippen LogP contribution is -2.48. The van der Waals surface area contributed by atoms with E-state index in [1.807, 2.05) is 25.1 Å². The molecule has 1 heterocycles. The summed E-state index contributed by atoms with van der Waals surface area (Å²) < 4.78 is 14.8. The van der Waals surface area contributed by atoms with Gasteiger partial charge < -0.3 is 4.90 Å². The summed E-state index contributed by atoms with van der Waals surface area (Å²) in [6.07, 6.45) is 2.65. The molecule has 0 aliphatic carbocycles. The third-order valence-electron chi connectivity index (χ3n) is 5.33. The average Bonchev–Trinajstić information content (AvgIpc) is 2.55. The molecule has 1 aliphatic rings. The average molecular weight is 373 g/mol. The molecule has 2 aromatic carbocycles. The van der Waals surface area contributed by atoms with Crippen LogP contribution in [0.25, 0.3) is 0 Å². The second-order valence-corrected chi connectivity index (χ2v) is 8.22. The summed E-state index contributed by atoms with van der Waals surface area (Å²) >= 11 is 6.05. The zero-order valence-electron chi connectivity index (χ0n) is 16.1. The summed E-state index contributed by atoms with van der Waals surface area (Å²) in [6.45, 7) is 11.6. The Balaban J connectivity index is 2.02. The Morgan fingerprint density at radius 3 is 2.73 bits per heavy atom. The van der Waals surface area contributed by atoms with Crippen molar-refractivity contribution in [3.05, 3.63) is 57.9 Å². The molecule has 0 spiro atoms. The Hall–Kier alpha value is -1.87. The van der Waals surface area contributed by atoms with Gasteiger partial charge in [-0.25, -0.2) is 4.39 Å². The fraction of sp³-hybridized carbons (Fsp3) is 0.409. The molecule has 0 aromatic heterocycles. The first-order valence-electron chi connectivity index (χ1n) is 9.14. The van der Waals surface area contributed by atoms with E-state index in [9.17, 15) is 4.39 Å². The molecule has 0 saturated heterocycles. The van der Waals surface area contributed by atoms with Crippen LogP contribution in [-0.4, -0.2) is 18.3 Å². The molecule has 2 aromatic rings. The second kappa shape index (κ2) is 7.03. The molecule has 1 unspecified atom stereocenters. The van der Waals surface area contributed by atoms with Crippen LogP contribution in [0.2, 0.25) is 5.02 Å². The van der Waals surface area contributed by atoms with Crippen molar-refractivity contribution >= 4 is 29.2 Å². The topological polar surface area (TPSA) is 15.6 Å². The lowest BCUT2D eigenvalue weighted by molar-refractivity contribution is 0.380. The monoisotopic (exact) mass is 372 g/mol. The van der Waals surface area contributed by atoms with E-state index in [4.69, 9.17) is 11.6 Å². The van der Waals surface area contributed by atoms with Crippen molar-refractivity contribution in [2.45, 2.75) is 52.5 Å². The van der Waals surface area contributed by atoms with E-state index in [2.05, 4.69) is 37.6 Å². The summed E-state index contributed by atoms with van der Waals surface area (Å²) in [6, 6.07) is 9.17. The quantitative estimate of drug-likeness (QED) is 0.550. The van der Waals surface area contributed by atoms with Crippen molar-refractivity contribution in [2.75, 3.05) is 11.4 Å². The third kappa shape index (κ3) is 3.50. The van der Waals surface area contributed by atoms with Crippen molar-refractivity contribution in [1.82, 2.24) is 0 Å². The van der Waals surface area contributed by atoms with Crippen molar-refractivity contribution < 1.29 is 4.39 Å². The first kappa shape index (κ1) is 18.9. The van der Waals surface area contributed by atoms with Crippen LogP contribution in [0.5, 0.6) is 0 Å². The van der Waals surface area contributed by atoms with E-state index < -0.39 is 0 Å². The van der Waals surface area contributed by atoms with Gasteiger partial charge in [0, 0.05) is 34.6 Å². The molecule has 1 aliphatic heterocycles. The van der Waals surface area contributed by atoms with Gasteiger partial charge in [0.25, 0.3) is 0 Å². The number of rotatable bonds is 3. The number of hydrogen-bond donors (Lipinski definition) is 0. The maximum atomic E-state index is 14.8. The van der Waals surface area contributed by atoms with E-state index in [-0.39, 0.29) is 11.4 Å². The highest BCUT2D eigenvalue weighted by atomic mass is 35.5. The fourth-order valence-corrected chi connectivity index (χ4v) is 4.25. The minimum absolute atomic E-state index is 0.0289. The Morgan fingerprint density at radius 1 is 1.31 bits per heavy atom. The highest BCUT2D eigenvalue weighted by molar-refractivity contribution is 6.30. The molecule has 26 heavy (non-hydrogen) atoms. The molecule has 4 heteroatoms. The summed E-state index contributed by atoms with van der Waals surface area (Å²) in [7, 11) is 0. The zero-order chi connectivity index (χ0) is 19.1. The highest BCUT2D eigenvalue weighted by Crippen LogP contribution is 2.43. The van der Waals surface area contributed by atoms with Crippen LogP contribution >= 0.6 is 11.6 Å². The van der Waals surface area contributed by atoms with E-state index >= 15 is 0 Å². The molecule has 1 atom stereocenters. The Kier molecular flexibility index (Phi) is 5.12. The SMILES string of the molecule is CCN1c2cc(F)c(C=Nc3cc(Cl)ccc3C)cc2C(C)CC1(C)C. The van der Waals surface area contributed by atoms with Gasteiger partial charge in [-0.3, -0.25) is 4.99 Å². The normalized spacial score (nSPS) is 19.0. The van der Waals surface area contributed by atoms with Gasteiger partial charge in [-0.05, 0) is 75.4 Å². The second-order valence-electron chi connectivity index (χ2n) is 7.78. The minimum atomic E-state index is -0.240. The predicted octanol–water partition coefficient (Wildman–Crippen LogP) is 6.65. The van der Waals surface area contributed by atoms with Crippen molar-refractivity contribution in [1.29, 1.82) is 0 Å². The Bertz CT molecular complexity index is 857. The van der Waals surface area contributed by atoms with Gasteiger partial charge in [0.05, 0.1) is 5.69 Å². The van der Waals surface area contributed by atoms with Gasteiger partial charge >= 0.3 is 0 Å². The third-order valence-corrected chi connectivity index (χ3v) is 5.57. The smallest absolute Gasteiger partial charge is 0.134 e. The number of nitrogens with zero attached hydrogens (tertiary/aromatic N) is 2. The first-order valence-corrected chi connectivity index (χ1v) is 9.52. The minimum Gasteiger partial charge on any atom is -0.366 e. The van der Waals surface area contributed by atoms with Crippen LogP contribution in [0.4, 0.5) is 15.8 Å². The highest BCUT2D eigenvalue weighted by Gasteiger charge is 2.36. The fourth-order valence-electron chi connectivity index (χ4n) is 4.08. The van der Waals surface area contributed by atoms with Gasteiger partial charge in [-0.1, -0.05) is 24.6 Å². The Labute approximate surface area is 160 Å². The summed E-state index contributed by atoms with van der Waals surface area (Å²) in [5, 5.41) is 0.628. The molecule has 0 fully saturated rings. The largest absolute Gasteiger partial charge is 0.366 e. The molecule has 3 rings (SSSR count). The van der Waals surface area contributed by atoms with E-state index in [1.54, 1.807) is 18.3 Å². The summed E-state index contributed by atoms with van der Waals surface area (Å²) in [4.78, 5) is 6.78. The number of hydrogen-bond acceptors (Lipinski definition) is 2. The van der Waals surface area contributed by atoms with Gasteiger partial charge in [0.15, 0.2) is 0 Å². The number of benzene rings is 2. The van der Waals surface area contributed by atoms with Crippen LogP contribution in [-0.2, 0) is 0 Å². The van der Waals surface area contributed by atoms with E-state index in [0.29, 0.717) is 16.5 Å². The van der Waals surface area contributed by atoms with E-state index in [1.165, 1.54) is 5.56 Å². The standard InChI is InChI=1S/C22H26ClFN2/c1-6-26-21-11-19(24)16(9-18(21)15(3)12-22(26,4)5)13-25-20-10-17(23)8-7-14(20)2/h7-11,13,15H,6,12H2,1-5H3. The maximum Gasteiger partial charge on any atom is 0.134 e. The van der Waals surface area contributed by atoms with Crippen LogP contribution in [0, 0.1) is 12.7 Å². The Morgan fingerprint density at radius 2 is 2.04 bits per heavy atom. The molecular formula is C22H26ClFN2. The molecule has 138 valence electrons. The molecule has 0 N–H and O–H groups in total. The van der Waals surface area contributed by atoms with Crippen molar-refractivity contribution in [3.63, 3.8) is 0 Å². The van der Waals surface area contributed by atoms with Gasteiger partial charge in [-0.15, -0.1) is 0 Å². The maximum absolute atomic E-state index is 14.8. The number of halogens is 2. The molecule has 2 nitrogen and oxygen atoms in total. The van der Waals surface area contributed by atoms with Gasteiger partial charge in [0.2, 0.25) is 0 Å². The first-order chi connectivity index (χ1) is 12.2. The summed E-state index contributed by atoms with van der Waals surface area (Å²) in [5.74, 6) is 0.138. The molecule has 0 saturated carbocycles. The van der Waals surface area contributed by atoms with Crippen molar-refractivity contribution in [2.24, 2.45) is 4.99 Å². The number of aryl methyl sites for hydroxylation is 1. The lowest BCUT2D eigenvalue weighted by atomic mass is 9.79. The number of anilines is 1. The number of aliphatic imine (C=N–C) groups is 1. The lowest BCUT2D eigenvalue weighted by Gasteiger charge is -2.47. The molecule has 0 amide bonds. The molecule has 0 radical (unpaired) electrons. The van der Waals surface area contributed by atoms with E-state index in [0.717, 1.165) is 29.9 Å². The van der Waals surface area contributed by atoms with Crippen molar-refractivity contribution in [3.8, 4) is 0 Å². The van der Waals surface area contributed by atoms with Crippen LogP contribution in [0.15, 0.2) is 35.3 Å². The van der Waals surface area contributed by atoms with Gasteiger partial charge in [-0.2, -0.15) is 0 Å². The van der Waals surface area contributed by atoms with Crippen LogP contribution < -0.4 is 4.90 Å². The zero-order valence-corrected chi connectivity index (χ0v) is 16.9. The van der Waals surface area contributed by atoms with Gasteiger partial charge in [0.1, 0.15) is 5.82 Å². The summed E-state index contributed by atoms with van der Waals surface area (Å²) in [5.41, 5.74) is 4.52. The molecule has 0 bridgehead atoms. The number of fused-ring (bicyclic) bond motifs is 1. The predicted molar refractivity (Wildman–Crippen MR) is 110 cm³/mol. The van der Waals surface area contributed by atoms with Crippen LogP contribution in [0.1, 0.15) is 56.7 Å². The molecular weight excluding hydrogens is 347 g/mol. The van der Waals surface area contributed by atoms with Crippen LogP contribution in [0.3, 0.4) is 0 Å².